The van der Waals surface area contributed by atoms with Crippen molar-refractivity contribution in [2.45, 2.75) is 26.4 Å². The monoisotopic (exact) mass is 312 g/mol. The molecule has 0 amide bonds. The first-order chi connectivity index (χ1) is 10.2. The van der Waals surface area contributed by atoms with Crippen LogP contribution in [0.25, 0.3) is 4.96 Å². The Labute approximate surface area is 129 Å². The summed E-state index contributed by atoms with van der Waals surface area (Å²) in [5.74, 6) is 0.954. The lowest BCUT2D eigenvalue weighted by molar-refractivity contribution is 0.199. The third-order valence-corrected chi connectivity index (χ3v) is 4.11. The van der Waals surface area contributed by atoms with Gasteiger partial charge in [0.25, 0.3) is 0 Å². The zero-order chi connectivity index (χ0) is 15.2. The topological polar surface area (TPSA) is 62.0 Å². The van der Waals surface area contributed by atoms with Crippen LogP contribution in [-0.2, 0) is 11.3 Å². The van der Waals surface area contributed by atoms with Crippen molar-refractivity contribution < 1.29 is 9.84 Å². The fourth-order valence-electron chi connectivity index (χ4n) is 2.31. The van der Waals surface area contributed by atoms with Crippen LogP contribution >= 0.6 is 11.3 Å². The number of hydrogen-bond acceptors (Lipinski definition) is 6. The van der Waals surface area contributed by atoms with Gasteiger partial charge in [-0.3, -0.25) is 4.40 Å². The zero-order valence-electron chi connectivity index (χ0n) is 12.9. The summed E-state index contributed by atoms with van der Waals surface area (Å²) in [5.41, 5.74) is 1.13. The maximum Gasteiger partial charge on any atom is 0.195 e. The second-order valence-electron chi connectivity index (χ2n) is 5.12. The highest BCUT2D eigenvalue weighted by molar-refractivity contribution is 7.15. The van der Waals surface area contributed by atoms with Crippen molar-refractivity contribution in [3.8, 4) is 0 Å². The molecule has 21 heavy (non-hydrogen) atoms. The molecule has 0 radical (unpaired) electrons. The van der Waals surface area contributed by atoms with Crippen LogP contribution in [0.3, 0.4) is 0 Å². The Morgan fingerprint density at radius 3 is 3.00 bits per heavy atom. The number of aliphatic hydroxyl groups is 1. The first-order valence-corrected chi connectivity index (χ1v) is 8.08. The first-order valence-electron chi connectivity index (χ1n) is 7.20. The van der Waals surface area contributed by atoms with Crippen molar-refractivity contribution in [1.29, 1.82) is 0 Å². The summed E-state index contributed by atoms with van der Waals surface area (Å²) < 4.78 is 7.18. The van der Waals surface area contributed by atoms with Gasteiger partial charge in [0.2, 0.25) is 0 Å². The van der Waals surface area contributed by atoms with E-state index >= 15 is 0 Å². The highest BCUT2D eigenvalue weighted by Crippen LogP contribution is 2.26. The first kappa shape index (κ1) is 16.2. The summed E-state index contributed by atoms with van der Waals surface area (Å²) in [4.78, 5) is 7.87. The van der Waals surface area contributed by atoms with E-state index in [1.165, 1.54) is 0 Å². The molecule has 0 atom stereocenters. The largest absolute Gasteiger partial charge is 0.395 e. The van der Waals surface area contributed by atoms with Crippen molar-refractivity contribution in [2.75, 3.05) is 38.3 Å². The minimum absolute atomic E-state index is 0.125. The Morgan fingerprint density at radius 2 is 2.33 bits per heavy atom. The Morgan fingerprint density at radius 1 is 1.52 bits per heavy atom. The van der Waals surface area contributed by atoms with Crippen LogP contribution in [0.1, 0.15) is 19.5 Å². The normalized spacial score (nSPS) is 11.7. The molecule has 2 rings (SSSR count). The number of anilines is 1. The number of nitrogens with one attached hydrogen (secondary N) is 1. The number of ether oxygens (including phenoxy) is 1. The van der Waals surface area contributed by atoms with Gasteiger partial charge in [-0.05, 0) is 13.8 Å². The Hall–Kier alpha value is -1.15. The molecule has 0 aliphatic rings. The highest BCUT2D eigenvalue weighted by atomic mass is 32.1. The second-order valence-corrected chi connectivity index (χ2v) is 5.99. The number of aliphatic hydroxyl groups excluding tert-OH is 1. The van der Waals surface area contributed by atoms with Crippen LogP contribution in [0.15, 0.2) is 11.6 Å². The van der Waals surface area contributed by atoms with Crippen molar-refractivity contribution in [3.05, 3.63) is 17.3 Å². The number of methoxy groups -OCH3 is 1. The van der Waals surface area contributed by atoms with Gasteiger partial charge in [-0.15, -0.1) is 11.3 Å². The molecule has 7 heteroatoms. The second kappa shape index (κ2) is 7.74. The summed E-state index contributed by atoms with van der Waals surface area (Å²) >= 11 is 1.62. The van der Waals surface area contributed by atoms with E-state index < -0.39 is 0 Å². The van der Waals surface area contributed by atoms with E-state index in [-0.39, 0.29) is 6.61 Å². The van der Waals surface area contributed by atoms with Gasteiger partial charge in [-0.1, -0.05) is 0 Å². The van der Waals surface area contributed by atoms with Crippen molar-refractivity contribution >= 4 is 22.1 Å². The van der Waals surface area contributed by atoms with Crippen LogP contribution in [0, 0.1) is 0 Å². The summed E-state index contributed by atoms with van der Waals surface area (Å²) in [6.45, 7) is 7.16. The molecule has 0 spiro atoms. The zero-order valence-corrected chi connectivity index (χ0v) is 13.7. The number of imidazole rings is 1. The van der Waals surface area contributed by atoms with E-state index in [1.807, 2.05) is 11.6 Å². The van der Waals surface area contributed by atoms with Gasteiger partial charge in [-0.2, -0.15) is 0 Å². The van der Waals surface area contributed by atoms with Gasteiger partial charge in [0.1, 0.15) is 0 Å². The van der Waals surface area contributed by atoms with Gasteiger partial charge < -0.3 is 20.1 Å². The molecule has 2 heterocycles. The molecule has 0 aliphatic carbocycles. The van der Waals surface area contributed by atoms with Crippen molar-refractivity contribution in [1.82, 2.24) is 14.7 Å². The minimum Gasteiger partial charge on any atom is -0.395 e. The fourth-order valence-corrected chi connectivity index (χ4v) is 3.04. The summed E-state index contributed by atoms with van der Waals surface area (Å²) in [6.07, 6.45) is 2.04. The fraction of sp³-hybridized carbons (Fsp3) is 0.643. The lowest BCUT2D eigenvalue weighted by Crippen LogP contribution is -2.35. The SMILES string of the molecule is COCCNCc1c(N(CCO)C(C)C)nc2sccn12. The van der Waals surface area contributed by atoms with Gasteiger partial charge in [-0.25, -0.2) is 4.98 Å². The number of hydrogen-bond donors (Lipinski definition) is 2. The highest BCUT2D eigenvalue weighted by Gasteiger charge is 2.20. The van der Waals surface area contributed by atoms with Crippen molar-refractivity contribution in [3.63, 3.8) is 0 Å². The predicted molar refractivity (Wildman–Crippen MR) is 86.2 cm³/mol. The average Bonchev–Trinajstić information content (AvgIpc) is 3.02. The molecule has 0 aliphatic heterocycles. The number of nitrogens with zero attached hydrogens (tertiary/aromatic N) is 3. The molecule has 118 valence electrons. The minimum atomic E-state index is 0.125. The molecule has 6 nitrogen and oxygen atoms in total. The summed E-state index contributed by atoms with van der Waals surface area (Å²) in [5, 5.41) is 14.7. The van der Waals surface area contributed by atoms with E-state index in [2.05, 4.69) is 28.5 Å². The molecular formula is C14H24N4O2S. The van der Waals surface area contributed by atoms with Crippen LogP contribution in [0.5, 0.6) is 0 Å². The molecule has 0 aromatic carbocycles. The van der Waals surface area contributed by atoms with E-state index in [4.69, 9.17) is 9.72 Å². The maximum absolute atomic E-state index is 9.30. The van der Waals surface area contributed by atoms with Crippen LogP contribution in [-0.4, -0.2) is 53.9 Å². The molecule has 0 saturated carbocycles. The smallest absolute Gasteiger partial charge is 0.195 e. The molecule has 0 fully saturated rings. The molecule has 2 aromatic heterocycles. The maximum atomic E-state index is 9.30. The molecule has 2 aromatic rings. The van der Waals surface area contributed by atoms with Gasteiger partial charge in [0, 0.05) is 44.4 Å². The number of thiazole rings is 1. The number of fused-ring (bicyclic) bond motifs is 1. The van der Waals surface area contributed by atoms with E-state index in [0.29, 0.717) is 19.2 Å². The van der Waals surface area contributed by atoms with Gasteiger partial charge in [0.05, 0.1) is 18.9 Å². The van der Waals surface area contributed by atoms with Crippen LogP contribution in [0.4, 0.5) is 5.82 Å². The Balaban J connectivity index is 2.26. The van der Waals surface area contributed by atoms with E-state index in [1.54, 1.807) is 18.4 Å². The molecular weight excluding hydrogens is 288 g/mol. The molecule has 0 unspecified atom stereocenters. The quantitative estimate of drug-likeness (QED) is 0.684. The predicted octanol–water partition coefficient (Wildman–Crippen LogP) is 1.34. The molecule has 2 N–H and O–H groups in total. The lowest BCUT2D eigenvalue weighted by atomic mass is 10.3. The van der Waals surface area contributed by atoms with Gasteiger partial charge in [0.15, 0.2) is 10.8 Å². The average molecular weight is 312 g/mol. The summed E-state index contributed by atoms with van der Waals surface area (Å²) in [6, 6.07) is 0.291. The summed E-state index contributed by atoms with van der Waals surface area (Å²) in [7, 11) is 1.70. The van der Waals surface area contributed by atoms with Gasteiger partial charge >= 0.3 is 0 Å². The standard InChI is InChI=1S/C14H24N4O2S/c1-11(2)17(5-7-19)13-12(10-15-4-8-20-3)18-6-9-21-14(18)16-13/h6,9,11,15,19H,4-5,7-8,10H2,1-3H3. The third-order valence-electron chi connectivity index (χ3n) is 3.35. The molecule has 0 saturated heterocycles. The van der Waals surface area contributed by atoms with Crippen LogP contribution in [0.2, 0.25) is 0 Å². The van der Waals surface area contributed by atoms with Crippen molar-refractivity contribution in [2.24, 2.45) is 0 Å². The Bertz CT molecular complexity index is 552. The Kier molecular flexibility index (Phi) is 5.98. The number of aromatic nitrogens is 2. The van der Waals surface area contributed by atoms with E-state index in [9.17, 15) is 5.11 Å². The van der Waals surface area contributed by atoms with E-state index in [0.717, 1.165) is 29.6 Å². The third kappa shape index (κ3) is 3.74. The lowest BCUT2D eigenvalue weighted by Gasteiger charge is -2.27. The van der Waals surface area contributed by atoms with Crippen LogP contribution < -0.4 is 10.2 Å². The molecule has 0 bridgehead atoms. The number of rotatable bonds is 9.